The Morgan fingerprint density at radius 2 is 0.578 bits per heavy atom. The van der Waals surface area contributed by atoms with Gasteiger partial charge in [-0.15, -0.1) is 0 Å². The second-order valence-electron chi connectivity index (χ2n) is 32.8. The van der Waals surface area contributed by atoms with E-state index in [4.69, 9.17) is 127 Å². The van der Waals surface area contributed by atoms with Crippen LogP contribution < -0.4 is 53.2 Å². The van der Waals surface area contributed by atoms with Crippen molar-refractivity contribution in [1.82, 2.24) is 63.0 Å². The SMILES string of the molecule is OCC1O[C@H]2OCCCCC3C(CNC(=S)NCCN(CCNC(=S)NCCN(CCNC(=S)N[C@@H]4OC(CO)[C@H](O[C@@H]5OC(CO)[C@H](O)[C@H](O)C5O)[C@H](O)C4O)CCNC(=S)N[C@@H]4OC(CO)[C@H](O[C@@H]5OC(CO)[C@H](O)[C@H](O)C5O)[C@H](O)C4O)CCNC(=S)NCC4O[C@H]5OC6C(CO)O[C@@H](OCCCCC4C(O)C5O)C(O)C6O)O[C@@H](OC1C(O)C2O)C(O)C3O. The summed E-state index contributed by atoms with van der Waals surface area (Å²) in [6.45, 7) is -1.53. The zero-order valence-electron chi connectivity index (χ0n) is 69.8. The van der Waals surface area contributed by atoms with Crippen molar-refractivity contribution in [3.8, 4) is 0 Å². The molecule has 0 aromatic heterocycles. The van der Waals surface area contributed by atoms with Gasteiger partial charge in [0.1, 0.15) is 159 Å². The Kier molecular flexibility index (Phi) is 43.3. The van der Waals surface area contributed by atoms with Crippen LogP contribution in [0.2, 0.25) is 0 Å². The fraction of sp³-hybridized carbons (Fsp3) is 0.932. The number of hydrogen-bond acceptors (Lipinski definition) is 45. The van der Waals surface area contributed by atoms with Crippen molar-refractivity contribution in [2.75, 3.05) is 144 Å². The molecule has 16 aliphatic rings. The molecule has 128 heavy (non-hydrogen) atoms. The van der Waals surface area contributed by atoms with Gasteiger partial charge >= 0.3 is 0 Å². The number of nitrogens with one attached hydrogen (secondary N) is 10. The van der Waals surface area contributed by atoms with E-state index in [1.807, 2.05) is 9.80 Å². The summed E-state index contributed by atoms with van der Waals surface area (Å²) in [6.07, 6.45) is -56.0. The van der Waals surface area contributed by atoms with Gasteiger partial charge in [0.2, 0.25) is 0 Å². The quantitative estimate of drug-likeness (QED) is 0.0266. The predicted octanol–water partition coefficient (Wildman–Crippen LogP) is -17.7. The highest BCUT2D eigenvalue weighted by molar-refractivity contribution is 7.81. The number of hydrogen-bond donors (Lipinski definition) is 34. The Hall–Kier alpha value is -3.15. The van der Waals surface area contributed by atoms with E-state index in [-0.39, 0.29) is 111 Å². The lowest BCUT2D eigenvalue weighted by molar-refractivity contribution is -0.355. The molecule has 0 aromatic rings. The number of ether oxygens (including phenoxy) is 14. The summed E-state index contributed by atoms with van der Waals surface area (Å²) >= 11 is 28.5. The zero-order valence-corrected chi connectivity index (χ0v) is 73.9. The van der Waals surface area contributed by atoms with E-state index in [2.05, 4.69) is 53.2 Å². The summed E-state index contributed by atoms with van der Waals surface area (Å²) in [5.41, 5.74) is 0. The number of nitrogens with zero attached hydrogens (tertiary/aromatic N) is 2. The minimum absolute atomic E-state index is 0.00101. The topological polar surface area (TPSA) is 742 Å². The van der Waals surface area contributed by atoms with Crippen molar-refractivity contribution < 1.29 is 189 Å². The maximum absolute atomic E-state index is 11.6. The van der Waals surface area contributed by atoms with E-state index < -0.39 is 285 Å². The Bertz CT molecular complexity index is 3170. The molecule has 24 unspecified atom stereocenters. The third kappa shape index (κ3) is 28.1. The molecule has 740 valence electrons. The highest BCUT2D eigenvalue weighted by Gasteiger charge is 2.57. The lowest BCUT2D eigenvalue weighted by Crippen LogP contribution is -2.67. The van der Waals surface area contributed by atoms with Crippen molar-refractivity contribution in [3.05, 3.63) is 0 Å². The third-order valence-electron chi connectivity index (χ3n) is 24.1. The summed E-state index contributed by atoms with van der Waals surface area (Å²) in [4.78, 5) is 3.97. The number of rotatable bonds is 34. The van der Waals surface area contributed by atoms with Gasteiger partial charge in [-0.3, -0.25) is 9.80 Å². The molecule has 8 bridgehead atoms. The second kappa shape index (κ2) is 51.9. The monoisotopic (exact) mass is 1940 g/mol. The van der Waals surface area contributed by atoms with E-state index in [0.29, 0.717) is 58.2 Å². The summed E-state index contributed by atoms with van der Waals surface area (Å²) in [5, 5.41) is 289. The summed E-state index contributed by atoms with van der Waals surface area (Å²) in [7, 11) is 0. The third-order valence-corrected chi connectivity index (χ3v) is 25.5. The zero-order chi connectivity index (χ0) is 92.9. The van der Waals surface area contributed by atoms with Crippen LogP contribution in [-0.4, -0.2) is 536 Å². The predicted molar refractivity (Wildman–Crippen MR) is 452 cm³/mol. The van der Waals surface area contributed by atoms with E-state index >= 15 is 0 Å². The van der Waals surface area contributed by atoms with Crippen LogP contribution in [0.1, 0.15) is 38.5 Å². The molecule has 0 amide bonds. The second-order valence-corrected chi connectivity index (χ2v) is 34.8. The molecule has 0 aromatic carbocycles. The van der Waals surface area contributed by atoms with Gasteiger partial charge < -0.3 is 242 Å². The number of aliphatic hydroxyl groups is 24. The van der Waals surface area contributed by atoms with Crippen LogP contribution in [0.15, 0.2) is 0 Å². The average Bonchev–Trinajstić information content (AvgIpc) is 0.505. The molecule has 50 nitrogen and oxygen atoms in total. The van der Waals surface area contributed by atoms with Crippen molar-refractivity contribution in [1.29, 1.82) is 0 Å². The average molecular weight is 1940 g/mol. The standard InChI is InChI=1S/C73H130N12O38S5/c86-23-33-41(94)43(96)53(106)67(116-33)120-57-35(25-88)112-61(49(102)45(57)98)82-72(127)78-11-17-85(18-12-79-73(128)83-62-50(103)46(99)58(36(26-89)113-62)121-68-54(107)44(97)42(95)34(24-87)117-68)14-8-75-69(124)74-7-13-84(15-9-76-70(125)80-21-31-29-5-1-3-19-110-63-55(108)47(100)59(37(27-90)118-63)122-65(114-31)51(104)39(29)92)16-10-77-71(126)81-22-32-30-6-2-4-20-111-64-56(109)48(101)60(38(28-91)119-64)123-66(115-32)52(105)40(30)93/h29-68,86-109H,1-28H2,(H2,74,75,124)(H2,76,80,125)(H2,77,81,126)(H2,78,82,127)(H2,79,83,128)/t29?,30?,31?,32?,33?,34?,35?,36?,37?,38?,39?,40?,41-,42-,43-,44-,45+,46+,47?,48?,49?,50?,51?,52?,53?,54?,55?,56?,57-,58-,59?,60?,61+,62+,63+,64+,65-,66-,67-,68-/m0/s1. The number of thiocarbonyl (C=S) groups is 5. The van der Waals surface area contributed by atoms with Crippen molar-refractivity contribution in [2.24, 2.45) is 11.8 Å². The first-order valence-electron chi connectivity index (χ1n) is 42.8. The molecule has 16 aliphatic heterocycles. The lowest BCUT2D eigenvalue weighted by Gasteiger charge is -2.47. The van der Waals surface area contributed by atoms with Crippen molar-refractivity contribution >= 4 is 86.7 Å². The Morgan fingerprint density at radius 1 is 0.273 bits per heavy atom. The molecule has 16 rings (SSSR count). The van der Waals surface area contributed by atoms with Gasteiger partial charge in [-0.05, 0) is 86.8 Å². The van der Waals surface area contributed by atoms with Gasteiger partial charge in [0.25, 0.3) is 0 Å². The van der Waals surface area contributed by atoms with Crippen LogP contribution >= 0.6 is 61.1 Å². The highest BCUT2D eigenvalue weighted by atomic mass is 32.1. The van der Waals surface area contributed by atoms with Crippen LogP contribution in [0.25, 0.3) is 0 Å². The van der Waals surface area contributed by atoms with E-state index in [1.165, 1.54) is 0 Å². The molecule has 55 heteroatoms. The highest BCUT2D eigenvalue weighted by Crippen LogP contribution is 2.39. The Labute approximate surface area is 762 Å². The molecule has 40 atom stereocenters. The van der Waals surface area contributed by atoms with E-state index in [1.54, 1.807) is 0 Å². The first kappa shape index (κ1) is 107. The van der Waals surface area contributed by atoms with Gasteiger partial charge in [-0.2, -0.15) is 0 Å². The fourth-order valence-corrected chi connectivity index (χ4v) is 17.7. The normalized spacial score (nSPS) is 42.0. The molecule has 0 radical (unpaired) electrons. The maximum Gasteiger partial charge on any atom is 0.187 e. The summed E-state index contributed by atoms with van der Waals surface area (Å²) < 4.78 is 81.4. The number of aliphatic hydroxyl groups excluding tert-OH is 24. The summed E-state index contributed by atoms with van der Waals surface area (Å²) in [5.74, 6) is -1.30. The first-order chi connectivity index (χ1) is 61.2. The molecule has 0 saturated carbocycles. The largest absolute Gasteiger partial charge is 0.394 e. The fourth-order valence-electron chi connectivity index (χ4n) is 16.7. The van der Waals surface area contributed by atoms with Crippen LogP contribution in [0, 0.1) is 11.8 Å². The minimum Gasteiger partial charge on any atom is -0.394 e. The van der Waals surface area contributed by atoms with Crippen molar-refractivity contribution in [2.45, 2.75) is 272 Å². The van der Waals surface area contributed by atoms with Gasteiger partial charge in [0, 0.05) is 117 Å². The van der Waals surface area contributed by atoms with Gasteiger partial charge in [-0.1, -0.05) is 12.8 Å². The van der Waals surface area contributed by atoms with E-state index in [0.717, 1.165) is 0 Å². The minimum atomic E-state index is -1.89. The van der Waals surface area contributed by atoms with Crippen LogP contribution in [0.4, 0.5) is 0 Å². The van der Waals surface area contributed by atoms with Crippen LogP contribution in [0.3, 0.4) is 0 Å². The smallest absolute Gasteiger partial charge is 0.187 e. The summed E-state index contributed by atoms with van der Waals surface area (Å²) in [6, 6.07) is 0. The maximum atomic E-state index is 11.6. The molecule has 16 saturated heterocycles. The van der Waals surface area contributed by atoms with Crippen molar-refractivity contribution in [3.63, 3.8) is 0 Å². The Balaban J connectivity index is 0.760. The molecule has 0 aliphatic carbocycles. The molecular weight excluding hydrogens is 1810 g/mol. The molecule has 16 fully saturated rings. The lowest BCUT2D eigenvalue weighted by atomic mass is 9.84. The van der Waals surface area contributed by atoms with Gasteiger partial charge in [0.05, 0.1) is 64.1 Å². The van der Waals surface area contributed by atoms with Gasteiger partial charge in [-0.25, -0.2) is 0 Å². The van der Waals surface area contributed by atoms with Gasteiger partial charge in [0.15, 0.2) is 75.8 Å². The first-order valence-corrected chi connectivity index (χ1v) is 44.9. The van der Waals surface area contributed by atoms with E-state index in [9.17, 15) is 123 Å². The Morgan fingerprint density at radius 3 is 0.906 bits per heavy atom. The molecular formula is C73H130N12O38S5. The molecule has 34 N–H and O–H groups in total. The molecule has 0 spiro atoms. The van der Waals surface area contributed by atoms with Crippen LogP contribution in [-0.2, 0) is 66.3 Å². The molecule has 16 heterocycles. The van der Waals surface area contributed by atoms with Crippen LogP contribution in [0.5, 0.6) is 0 Å².